The first-order valence-electron chi connectivity index (χ1n) is 8.57. The number of nitriles is 1. The molecular formula is C21H19N3O3. The minimum Gasteiger partial charge on any atom is -0.478 e. The summed E-state index contributed by atoms with van der Waals surface area (Å²) in [6, 6.07) is 15.6. The van der Waals surface area contributed by atoms with Gasteiger partial charge in [-0.05, 0) is 36.2 Å². The van der Waals surface area contributed by atoms with Gasteiger partial charge in [-0.2, -0.15) is 5.26 Å². The smallest absolute Gasteiger partial charge is 0.337 e. The molecular weight excluding hydrogens is 342 g/mol. The van der Waals surface area contributed by atoms with Crippen LogP contribution in [0, 0.1) is 17.2 Å². The fourth-order valence-electron chi connectivity index (χ4n) is 3.05. The number of nitrogens with zero attached hydrogens (tertiary/aromatic N) is 2. The van der Waals surface area contributed by atoms with Crippen LogP contribution in [0.3, 0.4) is 0 Å². The van der Waals surface area contributed by atoms with Crippen LogP contribution in [-0.4, -0.2) is 21.6 Å². The number of para-hydroxylation sites is 1. The second-order valence-electron chi connectivity index (χ2n) is 6.72. The predicted molar refractivity (Wildman–Crippen MR) is 103 cm³/mol. The number of carbonyl (C=O) groups excluding carboxylic acids is 1. The summed E-state index contributed by atoms with van der Waals surface area (Å²) in [5.74, 6) is -1.26. The van der Waals surface area contributed by atoms with E-state index in [1.54, 1.807) is 6.07 Å². The highest BCUT2D eigenvalue weighted by Gasteiger charge is 2.19. The number of carboxylic acid groups (broad SMARTS) is 1. The summed E-state index contributed by atoms with van der Waals surface area (Å²) < 4.78 is 1.94. The molecule has 1 heterocycles. The quantitative estimate of drug-likeness (QED) is 0.714. The van der Waals surface area contributed by atoms with Crippen molar-refractivity contribution in [1.29, 1.82) is 5.26 Å². The zero-order valence-electron chi connectivity index (χ0n) is 15.1. The van der Waals surface area contributed by atoms with E-state index in [1.165, 1.54) is 18.2 Å². The normalized spacial score (nSPS) is 10.7. The number of rotatable bonds is 5. The van der Waals surface area contributed by atoms with Crippen LogP contribution in [0.1, 0.15) is 40.3 Å². The van der Waals surface area contributed by atoms with E-state index >= 15 is 0 Å². The first-order chi connectivity index (χ1) is 12.9. The van der Waals surface area contributed by atoms with Crippen molar-refractivity contribution in [3.05, 3.63) is 65.4 Å². The molecule has 136 valence electrons. The molecule has 0 radical (unpaired) electrons. The van der Waals surface area contributed by atoms with Gasteiger partial charge in [0, 0.05) is 17.4 Å². The molecule has 0 aliphatic rings. The Labute approximate surface area is 156 Å². The van der Waals surface area contributed by atoms with E-state index in [2.05, 4.69) is 19.2 Å². The molecule has 1 amide bonds. The monoisotopic (exact) mass is 361 g/mol. The number of anilines is 1. The lowest BCUT2D eigenvalue weighted by molar-refractivity contribution is 0.0698. The van der Waals surface area contributed by atoms with Crippen molar-refractivity contribution in [2.45, 2.75) is 20.4 Å². The van der Waals surface area contributed by atoms with Gasteiger partial charge in [0.15, 0.2) is 0 Å². The molecule has 6 nitrogen and oxygen atoms in total. The molecule has 0 atom stereocenters. The number of aromatic nitrogens is 1. The minimum atomic E-state index is -1.20. The number of fused-ring (bicyclic) bond motifs is 1. The summed E-state index contributed by atoms with van der Waals surface area (Å²) in [7, 11) is 0. The van der Waals surface area contributed by atoms with Crippen LogP contribution in [0.4, 0.5) is 5.69 Å². The molecule has 0 aliphatic heterocycles. The van der Waals surface area contributed by atoms with Crippen molar-refractivity contribution in [3.8, 4) is 6.07 Å². The van der Waals surface area contributed by atoms with Crippen molar-refractivity contribution in [2.75, 3.05) is 5.32 Å². The number of carboxylic acids is 1. The van der Waals surface area contributed by atoms with Crippen LogP contribution in [-0.2, 0) is 6.54 Å². The fourth-order valence-corrected chi connectivity index (χ4v) is 3.05. The summed E-state index contributed by atoms with van der Waals surface area (Å²) in [6.45, 7) is 4.80. The van der Waals surface area contributed by atoms with E-state index in [9.17, 15) is 14.7 Å². The van der Waals surface area contributed by atoms with Gasteiger partial charge in [0.25, 0.3) is 5.91 Å². The Morgan fingerprint density at radius 2 is 1.93 bits per heavy atom. The van der Waals surface area contributed by atoms with Crippen molar-refractivity contribution < 1.29 is 14.7 Å². The third-order valence-electron chi connectivity index (χ3n) is 4.22. The summed E-state index contributed by atoms with van der Waals surface area (Å²) in [5, 5.41) is 22.0. The van der Waals surface area contributed by atoms with Crippen LogP contribution in [0.15, 0.2) is 48.5 Å². The topological polar surface area (TPSA) is 95.1 Å². The van der Waals surface area contributed by atoms with Gasteiger partial charge in [0.05, 0.1) is 22.9 Å². The first kappa shape index (κ1) is 18.2. The first-order valence-corrected chi connectivity index (χ1v) is 8.57. The second kappa shape index (κ2) is 7.34. The van der Waals surface area contributed by atoms with Gasteiger partial charge in [0.1, 0.15) is 5.69 Å². The van der Waals surface area contributed by atoms with Crippen LogP contribution in [0.25, 0.3) is 10.9 Å². The zero-order chi connectivity index (χ0) is 19.6. The summed E-state index contributed by atoms with van der Waals surface area (Å²) in [6.07, 6.45) is 0. The molecule has 6 heteroatoms. The SMILES string of the molecule is CC(C)Cn1c(C(=O)Nc2ccc(C#N)cc2C(=O)O)cc2ccccc21. The van der Waals surface area contributed by atoms with E-state index in [-0.39, 0.29) is 22.7 Å². The lowest BCUT2D eigenvalue weighted by Crippen LogP contribution is -2.20. The number of nitrogens with one attached hydrogen (secondary N) is 1. The van der Waals surface area contributed by atoms with E-state index in [0.717, 1.165) is 10.9 Å². The number of hydrogen-bond acceptors (Lipinski definition) is 3. The Kier molecular flexibility index (Phi) is 4.95. The van der Waals surface area contributed by atoms with E-state index in [1.807, 2.05) is 34.9 Å². The Bertz CT molecular complexity index is 1070. The van der Waals surface area contributed by atoms with Gasteiger partial charge in [-0.15, -0.1) is 0 Å². The molecule has 27 heavy (non-hydrogen) atoms. The van der Waals surface area contributed by atoms with Gasteiger partial charge in [-0.25, -0.2) is 4.79 Å². The molecule has 3 aromatic rings. The average Bonchev–Trinajstić information content (AvgIpc) is 3.00. The molecule has 0 saturated heterocycles. The van der Waals surface area contributed by atoms with Crippen LogP contribution >= 0.6 is 0 Å². The maximum Gasteiger partial charge on any atom is 0.337 e. The van der Waals surface area contributed by atoms with Crippen LogP contribution in [0.5, 0.6) is 0 Å². The number of amides is 1. The van der Waals surface area contributed by atoms with E-state index in [4.69, 9.17) is 5.26 Å². The largest absolute Gasteiger partial charge is 0.478 e. The van der Waals surface area contributed by atoms with Gasteiger partial charge in [-0.1, -0.05) is 32.0 Å². The highest BCUT2D eigenvalue weighted by atomic mass is 16.4. The predicted octanol–water partition coefficient (Wildman–Crippen LogP) is 4.12. The maximum absolute atomic E-state index is 12.9. The molecule has 1 aromatic heterocycles. The standard InChI is InChI=1S/C21H19N3O3/c1-13(2)12-24-18-6-4-3-5-15(18)10-19(24)20(25)23-17-8-7-14(11-22)9-16(17)21(26)27/h3-10,13H,12H2,1-2H3,(H,23,25)(H,26,27). The molecule has 0 fully saturated rings. The average molecular weight is 361 g/mol. The molecule has 3 rings (SSSR count). The van der Waals surface area contributed by atoms with Crippen molar-refractivity contribution in [2.24, 2.45) is 5.92 Å². The van der Waals surface area contributed by atoms with E-state index in [0.29, 0.717) is 18.2 Å². The second-order valence-corrected chi connectivity index (χ2v) is 6.72. The van der Waals surface area contributed by atoms with E-state index < -0.39 is 5.97 Å². The van der Waals surface area contributed by atoms with Gasteiger partial charge in [-0.3, -0.25) is 4.79 Å². The summed E-state index contributed by atoms with van der Waals surface area (Å²) in [5.41, 5.74) is 1.68. The Hall–Kier alpha value is -3.59. The third-order valence-corrected chi connectivity index (χ3v) is 4.22. The van der Waals surface area contributed by atoms with Gasteiger partial charge < -0.3 is 15.0 Å². The lowest BCUT2D eigenvalue weighted by atomic mass is 10.1. The van der Waals surface area contributed by atoms with Gasteiger partial charge in [0.2, 0.25) is 0 Å². The Morgan fingerprint density at radius 3 is 2.59 bits per heavy atom. The molecule has 2 aromatic carbocycles. The fraction of sp³-hybridized carbons (Fsp3) is 0.190. The van der Waals surface area contributed by atoms with Crippen LogP contribution < -0.4 is 5.32 Å². The van der Waals surface area contributed by atoms with Crippen molar-refractivity contribution >= 4 is 28.5 Å². The zero-order valence-corrected chi connectivity index (χ0v) is 15.1. The molecule has 0 spiro atoms. The molecule has 0 bridgehead atoms. The third kappa shape index (κ3) is 3.67. The van der Waals surface area contributed by atoms with Crippen molar-refractivity contribution in [3.63, 3.8) is 0 Å². The molecule has 2 N–H and O–H groups in total. The summed E-state index contributed by atoms with van der Waals surface area (Å²) >= 11 is 0. The number of benzene rings is 2. The molecule has 0 unspecified atom stereocenters. The van der Waals surface area contributed by atoms with Crippen LogP contribution in [0.2, 0.25) is 0 Å². The van der Waals surface area contributed by atoms with Crippen molar-refractivity contribution in [1.82, 2.24) is 4.57 Å². The van der Waals surface area contributed by atoms with Gasteiger partial charge >= 0.3 is 5.97 Å². The highest BCUT2D eigenvalue weighted by Crippen LogP contribution is 2.24. The summed E-state index contributed by atoms with van der Waals surface area (Å²) in [4.78, 5) is 24.4. The lowest BCUT2D eigenvalue weighted by Gasteiger charge is -2.14. The molecule has 0 aliphatic carbocycles. The highest BCUT2D eigenvalue weighted by molar-refractivity contribution is 6.09. The number of hydrogen-bond donors (Lipinski definition) is 2. The maximum atomic E-state index is 12.9. The Balaban J connectivity index is 2.02. The minimum absolute atomic E-state index is 0.117. The number of carbonyl (C=O) groups is 2. The number of aromatic carboxylic acids is 1. The molecule has 0 saturated carbocycles. The Morgan fingerprint density at radius 1 is 1.19 bits per heavy atom.